The van der Waals surface area contributed by atoms with Crippen LogP contribution in [0, 0.1) is 5.41 Å². The van der Waals surface area contributed by atoms with E-state index in [4.69, 9.17) is 19.9 Å². The molecule has 2 aromatic carbocycles. The van der Waals surface area contributed by atoms with Crippen LogP contribution in [0.15, 0.2) is 48.5 Å². The summed E-state index contributed by atoms with van der Waals surface area (Å²) >= 11 is 0. The molecular formula is C43H65N7O6. The number of aryl methyl sites for hydroxylation is 1. The Morgan fingerprint density at radius 3 is 2.27 bits per heavy atom. The van der Waals surface area contributed by atoms with Crippen LogP contribution in [0.4, 0.5) is 5.69 Å². The van der Waals surface area contributed by atoms with Crippen LogP contribution >= 0.6 is 0 Å². The molecule has 0 aliphatic carbocycles. The maximum atomic E-state index is 14.0. The number of nitrogens with one attached hydrogen (secondary N) is 2. The van der Waals surface area contributed by atoms with E-state index >= 15 is 0 Å². The number of rotatable bonds is 21. The minimum atomic E-state index is -0.636. The first-order valence-corrected chi connectivity index (χ1v) is 19.8. The maximum Gasteiger partial charge on any atom is 0.227 e. The molecule has 56 heavy (non-hydrogen) atoms. The largest absolute Gasteiger partial charge is 0.382 e. The summed E-state index contributed by atoms with van der Waals surface area (Å²) in [5.41, 5.74) is 9.27. The monoisotopic (exact) mass is 775 g/mol. The highest BCUT2D eigenvalue weighted by molar-refractivity contribution is 6.01. The van der Waals surface area contributed by atoms with Crippen molar-refractivity contribution in [2.45, 2.75) is 124 Å². The van der Waals surface area contributed by atoms with Crippen molar-refractivity contribution in [3.63, 3.8) is 0 Å². The Morgan fingerprint density at radius 1 is 0.857 bits per heavy atom. The molecule has 0 saturated heterocycles. The quantitative estimate of drug-likeness (QED) is 0.110. The zero-order valence-corrected chi connectivity index (χ0v) is 35.1. The number of nitrogens with zero attached hydrogens (tertiary/aromatic N) is 4. The Kier molecular flexibility index (Phi) is 15.4. The molecule has 0 bridgehead atoms. The summed E-state index contributed by atoms with van der Waals surface area (Å²) in [5.74, 6) is -0.397. The average molecular weight is 776 g/mol. The van der Waals surface area contributed by atoms with Crippen LogP contribution in [-0.2, 0) is 41.7 Å². The van der Waals surface area contributed by atoms with Crippen molar-refractivity contribution >= 4 is 23.4 Å². The zero-order valence-electron chi connectivity index (χ0n) is 35.1. The molecule has 3 amide bonds. The first kappa shape index (κ1) is 44.5. The third kappa shape index (κ3) is 12.9. The van der Waals surface area contributed by atoms with Crippen LogP contribution in [0.1, 0.15) is 99.5 Å². The molecule has 0 unspecified atom stereocenters. The normalized spacial score (nSPS) is 13.3. The molecule has 1 aliphatic heterocycles. The first-order chi connectivity index (χ1) is 26.3. The van der Waals surface area contributed by atoms with Gasteiger partial charge in [0, 0.05) is 73.9 Å². The van der Waals surface area contributed by atoms with Crippen molar-refractivity contribution in [1.82, 2.24) is 25.6 Å². The van der Waals surface area contributed by atoms with Gasteiger partial charge in [-0.3, -0.25) is 14.4 Å². The molecule has 4 rings (SSSR count). The zero-order chi connectivity index (χ0) is 41.1. The van der Waals surface area contributed by atoms with Gasteiger partial charge in [-0.1, -0.05) is 61.5 Å². The number of para-hydroxylation sites is 1. The van der Waals surface area contributed by atoms with Crippen molar-refractivity contribution in [3.05, 3.63) is 54.1 Å². The summed E-state index contributed by atoms with van der Waals surface area (Å²) in [4.78, 5) is 41.9. The van der Waals surface area contributed by atoms with Gasteiger partial charge < -0.3 is 35.5 Å². The van der Waals surface area contributed by atoms with Crippen molar-refractivity contribution in [1.29, 1.82) is 0 Å². The molecule has 2 heterocycles. The summed E-state index contributed by atoms with van der Waals surface area (Å²) in [5, 5.41) is 15.3. The summed E-state index contributed by atoms with van der Waals surface area (Å²) in [6.45, 7) is 19.1. The predicted molar refractivity (Wildman–Crippen MR) is 220 cm³/mol. The molecule has 13 nitrogen and oxygen atoms in total. The fraction of sp³-hybridized carbons (Fsp3) is 0.605. The molecule has 1 aliphatic rings. The molecule has 1 aromatic heterocycles. The Labute approximate surface area is 333 Å². The van der Waals surface area contributed by atoms with Gasteiger partial charge in [0.05, 0.1) is 36.7 Å². The van der Waals surface area contributed by atoms with E-state index in [1.54, 1.807) is 12.0 Å². The van der Waals surface area contributed by atoms with Crippen LogP contribution in [0.5, 0.6) is 0 Å². The van der Waals surface area contributed by atoms with E-state index in [1.807, 2.05) is 109 Å². The molecule has 13 heteroatoms. The maximum absolute atomic E-state index is 14.0. The Bertz CT molecular complexity index is 1780. The van der Waals surface area contributed by atoms with E-state index in [1.165, 1.54) is 0 Å². The van der Waals surface area contributed by atoms with E-state index < -0.39 is 22.1 Å². The molecule has 0 saturated carbocycles. The molecule has 0 spiro atoms. The third-order valence-corrected chi connectivity index (χ3v) is 9.98. The van der Waals surface area contributed by atoms with Crippen molar-refractivity contribution in [2.75, 3.05) is 45.0 Å². The fourth-order valence-corrected chi connectivity index (χ4v) is 7.13. The molecule has 0 fully saturated rings. The van der Waals surface area contributed by atoms with E-state index in [2.05, 4.69) is 20.9 Å². The van der Waals surface area contributed by atoms with E-state index in [0.29, 0.717) is 71.0 Å². The van der Waals surface area contributed by atoms with Crippen LogP contribution in [0.2, 0.25) is 0 Å². The number of hydrogen-bond donors (Lipinski definition) is 3. The smallest absolute Gasteiger partial charge is 0.227 e. The molecule has 0 radical (unpaired) electrons. The number of benzene rings is 2. The van der Waals surface area contributed by atoms with Crippen molar-refractivity contribution in [3.8, 4) is 22.5 Å². The van der Waals surface area contributed by atoms with Crippen LogP contribution < -0.4 is 21.3 Å². The van der Waals surface area contributed by atoms with Crippen LogP contribution in [-0.4, -0.2) is 89.5 Å². The number of carbonyl (C=O) groups excluding carboxylic acids is 3. The number of amides is 3. The highest BCUT2D eigenvalue weighted by Gasteiger charge is 2.35. The van der Waals surface area contributed by atoms with Gasteiger partial charge in [-0.15, -0.1) is 5.10 Å². The number of hydrogen-bond acceptors (Lipinski definition) is 9. The van der Waals surface area contributed by atoms with Gasteiger partial charge in [-0.05, 0) is 78.9 Å². The molecule has 308 valence electrons. The second-order valence-electron chi connectivity index (χ2n) is 17.5. The molecular weight excluding hydrogens is 711 g/mol. The summed E-state index contributed by atoms with van der Waals surface area (Å²) in [6, 6.07) is 15.7. The van der Waals surface area contributed by atoms with Crippen molar-refractivity contribution < 1.29 is 28.6 Å². The Morgan fingerprint density at radius 2 is 1.55 bits per heavy atom. The van der Waals surface area contributed by atoms with E-state index in [-0.39, 0.29) is 30.6 Å². The van der Waals surface area contributed by atoms with Gasteiger partial charge in [0.1, 0.15) is 5.69 Å². The standard InChI is InChI=1S/C43H65N7O6/c1-40(2,39(53)46-42(5,6)30-41(3,4)44)22-26-56-43(7,8)21-23-45-35(51)19-20-36(52)49-29-31-15-10-11-16-32(31)38-37(33-17-12-13-18-34(33)49)47-48-50(38)24-14-25-55-28-27-54-9/h10-13,15-18H,14,19-30,44H2,1-9H3,(H,45,51)(H,46,53). The van der Waals surface area contributed by atoms with E-state index in [0.717, 1.165) is 34.5 Å². The minimum absolute atomic E-state index is 0.0394. The minimum Gasteiger partial charge on any atom is -0.382 e. The van der Waals surface area contributed by atoms with Crippen molar-refractivity contribution in [2.24, 2.45) is 11.1 Å². The Balaban J connectivity index is 1.32. The lowest BCUT2D eigenvalue weighted by atomic mass is 9.84. The van der Waals surface area contributed by atoms with Gasteiger partial charge in [-0.25, -0.2) is 4.68 Å². The predicted octanol–water partition coefficient (Wildman–Crippen LogP) is 6.03. The van der Waals surface area contributed by atoms with Gasteiger partial charge >= 0.3 is 0 Å². The SMILES string of the molecule is COCCOCCCn1nnc2c1-c1ccccc1CN(C(=O)CCC(=O)NCCC(C)(C)OCCC(C)(C)C(=O)NC(C)(C)CC(C)(C)N)c1ccccc1-2. The molecule has 4 N–H and O–H groups in total. The fourth-order valence-electron chi connectivity index (χ4n) is 7.13. The van der Waals surface area contributed by atoms with Crippen LogP contribution in [0.3, 0.4) is 0 Å². The third-order valence-electron chi connectivity index (χ3n) is 9.98. The van der Waals surface area contributed by atoms with Gasteiger partial charge in [-0.2, -0.15) is 0 Å². The topological polar surface area (TPSA) is 163 Å². The van der Waals surface area contributed by atoms with Gasteiger partial charge in [0.2, 0.25) is 17.7 Å². The number of fused-ring (bicyclic) bond motifs is 5. The Hall–Kier alpha value is -4.17. The van der Waals surface area contributed by atoms with E-state index in [9.17, 15) is 14.4 Å². The lowest BCUT2D eigenvalue weighted by molar-refractivity contribution is -0.133. The summed E-state index contributed by atoms with van der Waals surface area (Å²) < 4.78 is 18.9. The number of methoxy groups -OCH3 is 1. The number of anilines is 1. The number of carbonyl (C=O) groups is 3. The van der Waals surface area contributed by atoms with Gasteiger partial charge in [0.15, 0.2) is 0 Å². The number of aromatic nitrogens is 3. The summed E-state index contributed by atoms with van der Waals surface area (Å²) in [7, 11) is 1.65. The molecule has 0 atom stereocenters. The average Bonchev–Trinajstić information content (AvgIpc) is 3.52. The second-order valence-corrected chi connectivity index (χ2v) is 17.5. The van der Waals surface area contributed by atoms with Crippen LogP contribution in [0.25, 0.3) is 22.5 Å². The lowest BCUT2D eigenvalue weighted by Gasteiger charge is -2.36. The second kappa shape index (κ2) is 19.3. The van der Waals surface area contributed by atoms with Gasteiger partial charge in [0.25, 0.3) is 0 Å². The lowest BCUT2D eigenvalue weighted by Crippen LogP contribution is -2.53. The number of ether oxygens (including phenoxy) is 3. The highest BCUT2D eigenvalue weighted by Crippen LogP contribution is 2.41. The first-order valence-electron chi connectivity index (χ1n) is 19.8. The summed E-state index contributed by atoms with van der Waals surface area (Å²) in [6.07, 6.45) is 2.60. The highest BCUT2D eigenvalue weighted by atomic mass is 16.5. The number of nitrogens with two attached hydrogens (primary N) is 1. The molecule has 3 aromatic rings.